The molecule has 0 spiro atoms. The van der Waals surface area contributed by atoms with Gasteiger partial charge in [0.2, 0.25) is 0 Å². The fourth-order valence-electron chi connectivity index (χ4n) is 2.55. The fraction of sp³-hybridized carbons (Fsp3) is 0.846. The monoisotopic (exact) mass is 270 g/mol. The molecule has 2 aliphatic rings. The summed E-state index contributed by atoms with van der Waals surface area (Å²) < 4.78 is 5.57. The molecule has 1 saturated heterocycles. The summed E-state index contributed by atoms with van der Waals surface area (Å²) in [7, 11) is 0. The number of ether oxygens (including phenoxy) is 1. The van der Waals surface area contributed by atoms with Gasteiger partial charge in [-0.15, -0.1) is 0 Å². The summed E-state index contributed by atoms with van der Waals surface area (Å²) in [6.45, 7) is 3.68. The van der Waals surface area contributed by atoms with Crippen molar-refractivity contribution in [1.29, 1.82) is 0 Å². The van der Waals surface area contributed by atoms with E-state index in [1.807, 2.05) is 6.92 Å². The van der Waals surface area contributed by atoms with E-state index in [-0.39, 0.29) is 24.7 Å². The van der Waals surface area contributed by atoms with Gasteiger partial charge in [-0.1, -0.05) is 0 Å². The molecule has 2 rings (SSSR count). The predicted octanol–water partition coefficient (Wildman–Crippen LogP) is 1.16. The van der Waals surface area contributed by atoms with Gasteiger partial charge >= 0.3 is 12.0 Å². The highest BCUT2D eigenvalue weighted by molar-refractivity contribution is 5.81. The van der Waals surface area contributed by atoms with Crippen LogP contribution in [-0.4, -0.2) is 65.3 Å². The lowest BCUT2D eigenvalue weighted by Gasteiger charge is -2.35. The second kappa shape index (κ2) is 6.23. The number of amides is 2. The third-order valence-corrected chi connectivity index (χ3v) is 3.59. The van der Waals surface area contributed by atoms with Crippen molar-refractivity contribution in [2.24, 2.45) is 0 Å². The van der Waals surface area contributed by atoms with Gasteiger partial charge in [0.15, 0.2) is 0 Å². The molecule has 1 atom stereocenters. The second-order valence-corrected chi connectivity index (χ2v) is 5.20. The number of piperidine rings is 1. The summed E-state index contributed by atoms with van der Waals surface area (Å²) in [5.41, 5.74) is 0. The van der Waals surface area contributed by atoms with Gasteiger partial charge in [-0.3, -0.25) is 4.79 Å². The Morgan fingerprint density at radius 3 is 2.68 bits per heavy atom. The Balaban J connectivity index is 1.94. The minimum Gasteiger partial charge on any atom is -0.480 e. The summed E-state index contributed by atoms with van der Waals surface area (Å²) in [6, 6.07) is -0.0228. The van der Waals surface area contributed by atoms with Crippen molar-refractivity contribution in [1.82, 2.24) is 9.80 Å². The number of carbonyl (C=O) groups excluding carboxylic acids is 1. The number of hydrogen-bond acceptors (Lipinski definition) is 3. The van der Waals surface area contributed by atoms with Crippen LogP contribution in [0.4, 0.5) is 4.79 Å². The maximum atomic E-state index is 12.4. The Morgan fingerprint density at radius 2 is 2.11 bits per heavy atom. The molecule has 1 saturated carbocycles. The van der Waals surface area contributed by atoms with E-state index in [1.54, 1.807) is 4.90 Å². The largest absolute Gasteiger partial charge is 0.480 e. The normalized spacial score (nSPS) is 23.2. The molecule has 2 fully saturated rings. The van der Waals surface area contributed by atoms with E-state index in [2.05, 4.69) is 0 Å². The van der Waals surface area contributed by atoms with Crippen molar-refractivity contribution < 1.29 is 19.4 Å². The van der Waals surface area contributed by atoms with E-state index in [0.717, 1.165) is 25.7 Å². The van der Waals surface area contributed by atoms with E-state index >= 15 is 0 Å². The molecule has 1 heterocycles. The van der Waals surface area contributed by atoms with Crippen LogP contribution in [0, 0.1) is 0 Å². The molecule has 1 unspecified atom stereocenters. The van der Waals surface area contributed by atoms with E-state index in [0.29, 0.717) is 19.7 Å². The first-order chi connectivity index (χ1) is 9.11. The van der Waals surface area contributed by atoms with Gasteiger partial charge in [-0.2, -0.15) is 0 Å². The van der Waals surface area contributed by atoms with Crippen molar-refractivity contribution in [2.45, 2.75) is 44.8 Å². The molecule has 6 nitrogen and oxygen atoms in total. The summed E-state index contributed by atoms with van der Waals surface area (Å²) in [6.07, 6.45) is 3.82. The van der Waals surface area contributed by atoms with Crippen molar-refractivity contribution in [3.05, 3.63) is 0 Å². The van der Waals surface area contributed by atoms with E-state index in [9.17, 15) is 9.59 Å². The molecule has 19 heavy (non-hydrogen) atoms. The molecule has 0 radical (unpaired) electrons. The van der Waals surface area contributed by atoms with Gasteiger partial charge in [0, 0.05) is 25.7 Å². The second-order valence-electron chi connectivity index (χ2n) is 5.20. The highest BCUT2D eigenvalue weighted by Crippen LogP contribution is 2.28. The first kappa shape index (κ1) is 14.1. The summed E-state index contributed by atoms with van der Waals surface area (Å²) in [5.74, 6) is -0.946. The Kier molecular flexibility index (Phi) is 4.63. The highest BCUT2D eigenvalue weighted by Gasteiger charge is 2.37. The highest BCUT2D eigenvalue weighted by atomic mass is 16.5. The standard InChI is InChI=1S/C13H22N2O4/c1-2-19-11-4-3-7-14(8-11)13(18)15(9-12(16)17)10-5-6-10/h10-11H,2-9H2,1H3,(H,16,17). The summed E-state index contributed by atoms with van der Waals surface area (Å²) >= 11 is 0. The molecular formula is C13H22N2O4. The lowest BCUT2D eigenvalue weighted by atomic mass is 10.1. The van der Waals surface area contributed by atoms with Gasteiger partial charge in [-0.25, -0.2) is 4.79 Å². The van der Waals surface area contributed by atoms with E-state index < -0.39 is 5.97 Å². The summed E-state index contributed by atoms with van der Waals surface area (Å²) in [5, 5.41) is 8.91. The Labute approximate surface area is 113 Å². The topological polar surface area (TPSA) is 70.1 Å². The first-order valence-electron chi connectivity index (χ1n) is 7.00. The number of carboxylic acid groups (broad SMARTS) is 1. The third kappa shape index (κ3) is 3.83. The maximum Gasteiger partial charge on any atom is 0.323 e. The van der Waals surface area contributed by atoms with Crippen LogP contribution in [0.5, 0.6) is 0 Å². The van der Waals surface area contributed by atoms with Crippen LogP contribution in [0.1, 0.15) is 32.6 Å². The number of nitrogens with zero attached hydrogens (tertiary/aromatic N) is 2. The molecule has 6 heteroatoms. The number of carboxylic acids is 1. The van der Waals surface area contributed by atoms with Crippen molar-refractivity contribution in [2.75, 3.05) is 26.2 Å². The van der Waals surface area contributed by atoms with Gasteiger partial charge in [0.1, 0.15) is 6.54 Å². The summed E-state index contributed by atoms with van der Waals surface area (Å²) in [4.78, 5) is 26.5. The molecule has 1 N–H and O–H groups in total. The fourth-order valence-corrected chi connectivity index (χ4v) is 2.55. The van der Waals surface area contributed by atoms with Crippen LogP contribution in [0.25, 0.3) is 0 Å². The van der Waals surface area contributed by atoms with Crippen LogP contribution in [0.2, 0.25) is 0 Å². The third-order valence-electron chi connectivity index (χ3n) is 3.59. The number of rotatable bonds is 5. The number of hydrogen-bond donors (Lipinski definition) is 1. The quantitative estimate of drug-likeness (QED) is 0.813. The van der Waals surface area contributed by atoms with Gasteiger partial charge in [0.25, 0.3) is 0 Å². The smallest absolute Gasteiger partial charge is 0.323 e. The van der Waals surface area contributed by atoms with Crippen LogP contribution >= 0.6 is 0 Å². The molecule has 1 aliphatic carbocycles. The van der Waals surface area contributed by atoms with Gasteiger partial charge in [0.05, 0.1) is 6.10 Å². The van der Waals surface area contributed by atoms with Gasteiger partial charge < -0.3 is 19.6 Å². The average molecular weight is 270 g/mol. The van der Waals surface area contributed by atoms with Crippen molar-refractivity contribution >= 4 is 12.0 Å². The molecule has 108 valence electrons. The zero-order valence-electron chi connectivity index (χ0n) is 11.4. The zero-order chi connectivity index (χ0) is 13.8. The molecule has 1 aliphatic heterocycles. The molecule has 0 aromatic heterocycles. The number of urea groups is 1. The van der Waals surface area contributed by atoms with E-state index in [4.69, 9.17) is 9.84 Å². The number of carbonyl (C=O) groups is 2. The Bertz CT molecular complexity index is 342. The molecule has 0 aromatic rings. The lowest BCUT2D eigenvalue weighted by Crippen LogP contribution is -2.51. The number of aliphatic carboxylic acids is 1. The van der Waals surface area contributed by atoms with E-state index in [1.165, 1.54) is 4.90 Å². The predicted molar refractivity (Wildman–Crippen MR) is 69.0 cm³/mol. The van der Waals surface area contributed by atoms with Crippen LogP contribution in [-0.2, 0) is 9.53 Å². The Hall–Kier alpha value is -1.30. The van der Waals surface area contributed by atoms with Crippen LogP contribution in [0.3, 0.4) is 0 Å². The Morgan fingerprint density at radius 1 is 1.37 bits per heavy atom. The molecule has 0 aromatic carbocycles. The lowest BCUT2D eigenvalue weighted by molar-refractivity contribution is -0.137. The minimum atomic E-state index is -0.946. The maximum absolute atomic E-state index is 12.4. The SMILES string of the molecule is CCOC1CCCN(C(=O)N(CC(=O)O)C2CC2)C1. The zero-order valence-corrected chi connectivity index (χ0v) is 11.4. The minimum absolute atomic E-state index is 0.0913. The first-order valence-corrected chi connectivity index (χ1v) is 7.00. The van der Waals surface area contributed by atoms with Crippen molar-refractivity contribution in [3.63, 3.8) is 0 Å². The number of likely N-dealkylation sites (tertiary alicyclic amines) is 1. The van der Waals surface area contributed by atoms with Crippen molar-refractivity contribution in [3.8, 4) is 0 Å². The molecule has 0 bridgehead atoms. The average Bonchev–Trinajstić information content (AvgIpc) is 3.20. The van der Waals surface area contributed by atoms with Crippen LogP contribution in [0.15, 0.2) is 0 Å². The molecular weight excluding hydrogens is 248 g/mol. The van der Waals surface area contributed by atoms with Gasteiger partial charge in [-0.05, 0) is 32.6 Å². The molecule has 2 amide bonds. The van der Waals surface area contributed by atoms with Crippen LogP contribution < -0.4 is 0 Å².